The molecule has 4 heteroatoms. The summed E-state index contributed by atoms with van der Waals surface area (Å²) in [5.74, 6) is 0. The van der Waals surface area contributed by atoms with Gasteiger partial charge in [0.15, 0.2) is 0 Å². The number of fused-ring (bicyclic) bond motifs is 1. The van der Waals surface area contributed by atoms with Crippen LogP contribution in [0, 0.1) is 0 Å². The maximum Gasteiger partial charge on any atom is 0.272 e. The summed E-state index contributed by atoms with van der Waals surface area (Å²) in [6, 6.07) is 5.01. The van der Waals surface area contributed by atoms with Crippen molar-refractivity contribution in [3.8, 4) is 0 Å². The number of rotatable bonds is 1. The van der Waals surface area contributed by atoms with Gasteiger partial charge >= 0.3 is 0 Å². The first-order valence-electron chi connectivity index (χ1n) is 3.40. The third-order valence-corrected chi connectivity index (χ3v) is 2.59. The van der Waals surface area contributed by atoms with E-state index in [-0.39, 0.29) is 4.88 Å². The summed E-state index contributed by atoms with van der Waals surface area (Å²) >= 11 is 1.04. The molecule has 0 bridgehead atoms. The highest BCUT2D eigenvalue weighted by Crippen LogP contribution is 2.30. The molecule has 0 unspecified atom stereocenters. The van der Waals surface area contributed by atoms with Gasteiger partial charge < -0.3 is 0 Å². The van der Waals surface area contributed by atoms with Crippen molar-refractivity contribution in [1.82, 2.24) is 4.98 Å². The molecular weight excluding hydrogens is 180 g/mol. The molecule has 0 radical (unpaired) electrons. The maximum absolute atomic E-state index is 12.2. The molecule has 0 saturated carbocycles. The van der Waals surface area contributed by atoms with Crippen LogP contribution in [0.25, 0.3) is 10.2 Å². The van der Waals surface area contributed by atoms with E-state index in [1.54, 1.807) is 18.3 Å². The van der Waals surface area contributed by atoms with Crippen LogP contribution in [0.5, 0.6) is 0 Å². The first kappa shape index (κ1) is 7.61. The molecule has 0 aliphatic heterocycles. The van der Waals surface area contributed by atoms with Crippen molar-refractivity contribution in [1.29, 1.82) is 0 Å². The van der Waals surface area contributed by atoms with Crippen molar-refractivity contribution in [3.63, 3.8) is 0 Å². The van der Waals surface area contributed by atoms with Gasteiger partial charge in [-0.05, 0) is 12.1 Å². The van der Waals surface area contributed by atoms with Gasteiger partial charge in [-0.2, -0.15) is 0 Å². The first-order chi connectivity index (χ1) is 5.77. The van der Waals surface area contributed by atoms with Crippen molar-refractivity contribution >= 4 is 21.6 Å². The molecule has 0 saturated heterocycles. The van der Waals surface area contributed by atoms with Crippen molar-refractivity contribution in [2.24, 2.45) is 0 Å². The van der Waals surface area contributed by atoms with Crippen molar-refractivity contribution in [3.05, 3.63) is 29.3 Å². The van der Waals surface area contributed by atoms with Gasteiger partial charge in [-0.15, -0.1) is 11.3 Å². The van der Waals surface area contributed by atoms with Gasteiger partial charge in [0.25, 0.3) is 6.43 Å². The van der Waals surface area contributed by atoms with Crippen LogP contribution in [0.2, 0.25) is 0 Å². The van der Waals surface area contributed by atoms with Crippen LogP contribution in [0.1, 0.15) is 11.3 Å². The normalized spacial score (nSPS) is 11.2. The van der Waals surface area contributed by atoms with E-state index in [0.717, 1.165) is 16.7 Å². The summed E-state index contributed by atoms with van der Waals surface area (Å²) < 4.78 is 24.4. The quantitative estimate of drug-likeness (QED) is 0.664. The molecule has 2 rings (SSSR count). The first-order valence-corrected chi connectivity index (χ1v) is 4.21. The van der Waals surface area contributed by atoms with E-state index < -0.39 is 6.43 Å². The number of alkyl halides is 2. The molecule has 0 aliphatic carbocycles. The topological polar surface area (TPSA) is 12.9 Å². The van der Waals surface area contributed by atoms with Gasteiger partial charge in [-0.25, -0.2) is 13.8 Å². The average molecular weight is 185 g/mol. The molecule has 2 aromatic heterocycles. The van der Waals surface area contributed by atoms with E-state index in [1.165, 1.54) is 6.07 Å². The highest BCUT2D eigenvalue weighted by atomic mass is 32.1. The number of hydrogen-bond donors (Lipinski definition) is 0. The van der Waals surface area contributed by atoms with Crippen LogP contribution in [0.4, 0.5) is 8.78 Å². The van der Waals surface area contributed by atoms with E-state index in [0.29, 0.717) is 4.83 Å². The summed E-state index contributed by atoms with van der Waals surface area (Å²) in [7, 11) is 0. The molecule has 0 N–H and O–H groups in total. The van der Waals surface area contributed by atoms with Crippen LogP contribution in [-0.4, -0.2) is 4.98 Å². The Morgan fingerprint density at radius 2 is 2.25 bits per heavy atom. The number of aromatic nitrogens is 1. The van der Waals surface area contributed by atoms with Crippen molar-refractivity contribution < 1.29 is 8.78 Å². The maximum atomic E-state index is 12.2. The number of halogens is 2. The molecule has 0 fully saturated rings. The fourth-order valence-corrected chi connectivity index (χ4v) is 1.86. The third-order valence-electron chi connectivity index (χ3n) is 1.53. The summed E-state index contributed by atoms with van der Waals surface area (Å²) in [6.45, 7) is 0. The minimum absolute atomic E-state index is 0.0868. The fourth-order valence-electron chi connectivity index (χ4n) is 1.00. The van der Waals surface area contributed by atoms with Crippen molar-refractivity contribution in [2.75, 3.05) is 0 Å². The summed E-state index contributed by atoms with van der Waals surface area (Å²) in [5, 5.41) is 0.790. The van der Waals surface area contributed by atoms with E-state index in [9.17, 15) is 8.78 Å². The Balaban J connectivity index is 2.62. The zero-order chi connectivity index (χ0) is 8.55. The van der Waals surface area contributed by atoms with Gasteiger partial charge in [0.1, 0.15) is 4.83 Å². The SMILES string of the molecule is FC(F)c1cc2cccnc2s1. The molecule has 2 heterocycles. The fraction of sp³-hybridized carbons (Fsp3) is 0.125. The van der Waals surface area contributed by atoms with E-state index in [1.807, 2.05) is 0 Å². The number of hydrogen-bond acceptors (Lipinski definition) is 2. The van der Waals surface area contributed by atoms with Crippen LogP contribution in [0.3, 0.4) is 0 Å². The number of pyridine rings is 1. The van der Waals surface area contributed by atoms with Crippen molar-refractivity contribution in [2.45, 2.75) is 6.43 Å². The number of nitrogens with zero attached hydrogens (tertiary/aromatic N) is 1. The minimum atomic E-state index is -2.39. The van der Waals surface area contributed by atoms with Gasteiger partial charge in [-0.3, -0.25) is 0 Å². The Kier molecular flexibility index (Phi) is 1.77. The molecule has 0 aromatic carbocycles. The average Bonchev–Trinajstić information content (AvgIpc) is 2.46. The van der Waals surface area contributed by atoms with Crippen LogP contribution >= 0.6 is 11.3 Å². The minimum Gasteiger partial charge on any atom is -0.245 e. The molecule has 1 nitrogen and oxygen atoms in total. The second-order valence-electron chi connectivity index (χ2n) is 2.35. The Hall–Kier alpha value is -1.03. The zero-order valence-corrected chi connectivity index (χ0v) is 6.81. The summed E-state index contributed by atoms with van der Waals surface area (Å²) in [4.78, 5) is 4.73. The van der Waals surface area contributed by atoms with E-state index in [2.05, 4.69) is 4.98 Å². The second-order valence-corrected chi connectivity index (χ2v) is 3.41. The molecule has 0 atom stereocenters. The Labute approximate surface area is 71.7 Å². The molecule has 62 valence electrons. The lowest BCUT2D eigenvalue weighted by atomic mass is 10.3. The van der Waals surface area contributed by atoms with Gasteiger partial charge in [0.2, 0.25) is 0 Å². The number of thiophene rings is 1. The monoisotopic (exact) mass is 185 g/mol. The Bertz CT molecular complexity index is 364. The van der Waals surface area contributed by atoms with Crippen LogP contribution in [-0.2, 0) is 0 Å². The molecule has 0 spiro atoms. The third kappa shape index (κ3) is 1.18. The molecule has 2 aromatic rings. The molecule has 0 aliphatic rings. The second kappa shape index (κ2) is 2.79. The van der Waals surface area contributed by atoms with E-state index >= 15 is 0 Å². The molecule has 0 amide bonds. The lowest BCUT2D eigenvalue weighted by Crippen LogP contribution is -1.72. The summed E-state index contributed by atoms with van der Waals surface area (Å²) in [6.07, 6.45) is -0.780. The predicted molar refractivity (Wildman–Crippen MR) is 44.6 cm³/mol. The Morgan fingerprint density at radius 3 is 2.92 bits per heavy atom. The van der Waals surface area contributed by atoms with E-state index in [4.69, 9.17) is 0 Å². The predicted octanol–water partition coefficient (Wildman–Crippen LogP) is 3.23. The molecule has 12 heavy (non-hydrogen) atoms. The standard InChI is InChI=1S/C8H5F2NS/c9-7(10)6-4-5-2-1-3-11-8(5)12-6/h1-4,7H. The van der Waals surface area contributed by atoms with Gasteiger partial charge in [-0.1, -0.05) is 6.07 Å². The smallest absolute Gasteiger partial charge is 0.245 e. The lowest BCUT2D eigenvalue weighted by Gasteiger charge is -1.87. The van der Waals surface area contributed by atoms with Gasteiger partial charge in [0.05, 0.1) is 4.88 Å². The molecular formula is C8H5F2NS. The lowest BCUT2D eigenvalue weighted by molar-refractivity contribution is 0.156. The summed E-state index contributed by atoms with van der Waals surface area (Å²) in [5.41, 5.74) is 0. The van der Waals surface area contributed by atoms with Crippen LogP contribution in [0.15, 0.2) is 24.4 Å². The highest BCUT2D eigenvalue weighted by Gasteiger charge is 2.10. The largest absolute Gasteiger partial charge is 0.272 e. The van der Waals surface area contributed by atoms with Crippen LogP contribution < -0.4 is 0 Å². The zero-order valence-electron chi connectivity index (χ0n) is 6.00. The Morgan fingerprint density at radius 1 is 1.42 bits per heavy atom. The highest BCUT2D eigenvalue weighted by molar-refractivity contribution is 7.18. The van der Waals surface area contributed by atoms with Gasteiger partial charge in [0, 0.05) is 11.6 Å².